The van der Waals surface area contributed by atoms with Crippen LogP contribution in [0.4, 0.5) is 13.2 Å². The molecule has 1 atom stereocenters. The van der Waals surface area contributed by atoms with Crippen LogP contribution >= 0.6 is 0 Å². The van der Waals surface area contributed by atoms with Gasteiger partial charge in [0.05, 0.1) is 31.5 Å². The normalized spacial score (nSPS) is 23.8. The van der Waals surface area contributed by atoms with Gasteiger partial charge in [0.15, 0.2) is 11.5 Å². The van der Waals surface area contributed by atoms with Gasteiger partial charge in [0.2, 0.25) is 0 Å². The van der Waals surface area contributed by atoms with Gasteiger partial charge in [-0.1, -0.05) is 26.8 Å². The largest absolute Gasteiger partial charge is 0.586 e. The Balaban J connectivity index is 1.58. The van der Waals surface area contributed by atoms with Crippen molar-refractivity contribution < 1.29 is 44.5 Å². The van der Waals surface area contributed by atoms with Crippen LogP contribution in [0.1, 0.15) is 63.6 Å². The van der Waals surface area contributed by atoms with Crippen LogP contribution in [-0.2, 0) is 28.6 Å². The number of carbonyl (C=O) groups is 1. The molecule has 37 heavy (non-hydrogen) atoms. The second kappa shape index (κ2) is 8.77. The third kappa shape index (κ3) is 4.48. The summed E-state index contributed by atoms with van der Waals surface area (Å²) in [4.78, 5) is 13.8. The zero-order valence-corrected chi connectivity index (χ0v) is 20.5. The minimum atomic E-state index is -3.98. The Morgan fingerprint density at radius 3 is 2.57 bits per heavy atom. The van der Waals surface area contributed by atoms with Gasteiger partial charge < -0.3 is 24.3 Å². The number of ketones is 1. The van der Waals surface area contributed by atoms with Crippen molar-refractivity contribution in [1.29, 1.82) is 0 Å². The van der Waals surface area contributed by atoms with E-state index in [0.717, 1.165) is 24.3 Å². The van der Waals surface area contributed by atoms with Gasteiger partial charge >= 0.3 is 6.29 Å². The van der Waals surface area contributed by atoms with Crippen LogP contribution in [-0.4, -0.2) is 39.5 Å². The number of rotatable bonds is 9. The van der Waals surface area contributed by atoms with Crippen LogP contribution < -0.4 is 9.47 Å². The van der Waals surface area contributed by atoms with Gasteiger partial charge in [-0.15, -0.1) is 8.78 Å². The molecule has 0 amide bonds. The number of hydrogen-bond acceptors (Lipinski definition) is 5. The van der Waals surface area contributed by atoms with Crippen LogP contribution in [0, 0.1) is 5.82 Å². The second-order valence-electron chi connectivity index (χ2n) is 10.0. The number of aliphatic hydroxyl groups excluding tert-OH is 1. The lowest BCUT2D eigenvalue weighted by molar-refractivity contribution is -0.286. The third-order valence-corrected chi connectivity index (χ3v) is 7.15. The average Bonchev–Trinajstić information content (AvgIpc) is 3.18. The van der Waals surface area contributed by atoms with E-state index < -0.39 is 66.3 Å². The second-order valence-corrected chi connectivity index (χ2v) is 10.0. The Hall–Kier alpha value is -3.04. The van der Waals surface area contributed by atoms with Gasteiger partial charge in [0, 0.05) is 28.4 Å². The lowest BCUT2D eigenvalue weighted by Crippen LogP contribution is -2.26. The number of fused-ring (bicyclic) bond motifs is 2. The summed E-state index contributed by atoms with van der Waals surface area (Å²) in [5, 5.41) is 20.2. The Labute approximate surface area is 219 Å². The maximum atomic E-state index is 15.6. The monoisotopic (exact) mass is 522 g/mol. The molecule has 198 valence electrons. The number of benzene rings is 2. The first-order chi connectivity index (χ1) is 19.2. The molecule has 2 heterocycles. The highest BCUT2D eigenvalue weighted by Crippen LogP contribution is 2.52. The smallest absolute Gasteiger partial charge is 0.395 e. The summed E-state index contributed by atoms with van der Waals surface area (Å²) >= 11 is 0. The van der Waals surface area contributed by atoms with E-state index in [4.69, 9.17) is 6.85 Å². The molecule has 0 bridgehead atoms. The lowest BCUT2D eigenvalue weighted by Gasteiger charge is -2.26. The summed E-state index contributed by atoms with van der Waals surface area (Å²) in [5.41, 5.74) is -2.40. The van der Waals surface area contributed by atoms with Crippen molar-refractivity contribution >= 4 is 16.7 Å². The number of Topliss-reactive ketones (excluding diaryl/α,β-unsaturated/α-hetero) is 1. The first-order valence-electron chi connectivity index (χ1n) is 14.3. The minimum Gasteiger partial charge on any atom is -0.395 e. The van der Waals surface area contributed by atoms with Gasteiger partial charge in [0.1, 0.15) is 11.6 Å². The molecule has 0 spiro atoms. The maximum Gasteiger partial charge on any atom is 0.586 e. The Bertz CT molecular complexity index is 1590. The number of halogens is 3. The van der Waals surface area contributed by atoms with Gasteiger partial charge in [-0.25, -0.2) is 4.39 Å². The van der Waals surface area contributed by atoms with Crippen molar-refractivity contribution in [3.63, 3.8) is 0 Å². The third-order valence-electron chi connectivity index (χ3n) is 7.15. The number of ether oxygens (including phenoxy) is 2. The molecule has 6 nitrogen and oxygen atoms in total. The molecule has 1 fully saturated rings. The molecule has 3 aromatic rings. The molecular weight excluding hydrogens is 487 g/mol. The number of aromatic nitrogens is 1. The summed E-state index contributed by atoms with van der Waals surface area (Å²) in [6, 6.07) is 7.31. The summed E-state index contributed by atoms with van der Waals surface area (Å²) in [7, 11) is 0. The molecule has 0 unspecified atom stereocenters. The zero-order chi connectivity index (χ0) is 31.3. The quantitative estimate of drug-likeness (QED) is 0.414. The Morgan fingerprint density at radius 2 is 1.92 bits per heavy atom. The van der Waals surface area contributed by atoms with Crippen molar-refractivity contribution in [3.8, 4) is 11.5 Å². The number of alkyl halides is 2. The minimum absolute atomic E-state index is 0.154. The van der Waals surface area contributed by atoms with Gasteiger partial charge in [-0.3, -0.25) is 4.79 Å². The maximum absolute atomic E-state index is 15.6. The van der Waals surface area contributed by atoms with Crippen LogP contribution in [0.5, 0.6) is 11.5 Å². The van der Waals surface area contributed by atoms with E-state index in [1.807, 2.05) is 20.8 Å². The lowest BCUT2D eigenvalue weighted by atomic mass is 9.86. The fourth-order valence-electron chi connectivity index (χ4n) is 4.61. The Kier molecular flexibility index (Phi) is 4.74. The number of aliphatic hydroxyl groups is 2. The first kappa shape index (κ1) is 20.0. The number of hydrogen-bond donors (Lipinski definition) is 2. The highest BCUT2D eigenvalue weighted by Gasteiger charge is 2.52. The molecule has 1 aliphatic heterocycles. The summed E-state index contributed by atoms with van der Waals surface area (Å²) in [6.45, 7) is 4.54. The summed E-state index contributed by atoms with van der Waals surface area (Å²) in [5.74, 6) is -2.72. The average molecular weight is 523 g/mol. The molecule has 5 rings (SSSR count). The standard InChI is InChI=1S/C28H30F3NO5/c1-4-26(2,3)24-10-17-9-16(20(29)13-21(17)32(24)14-19(34)15-33)11-25(35)27(7-8-27)18-5-6-22-23(12-18)37-28(30,31)36-22/h5-6,9-10,12-13,19,33-34H,4,7-8,11,14-15H2,1-3H3/t19-/m0/s1/i7D2,8D2,19D. The SMILES string of the molecule is [2H]C1([2H])C([2H])([2H])C1(C(=O)Cc1cc2cc(C(C)(C)CC)n(C[C@]([2H])(O)CO)c2cc1F)c1ccc2c(c1)OC(F)(F)O2. The van der Waals surface area contributed by atoms with Crippen molar-refractivity contribution in [2.75, 3.05) is 6.61 Å². The van der Waals surface area contributed by atoms with Crippen LogP contribution in [0.2, 0.25) is 0 Å². The van der Waals surface area contributed by atoms with Crippen LogP contribution in [0.25, 0.3) is 10.9 Å². The highest BCUT2D eigenvalue weighted by atomic mass is 19.3. The fourth-order valence-corrected chi connectivity index (χ4v) is 4.61. The van der Waals surface area contributed by atoms with Gasteiger partial charge in [0.25, 0.3) is 0 Å². The van der Waals surface area contributed by atoms with E-state index >= 15 is 4.39 Å². The van der Waals surface area contributed by atoms with Crippen LogP contribution in [0.3, 0.4) is 0 Å². The van der Waals surface area contributed by atoms with Crippen molar-refractivity contribution in [2.45, 2.75) is 76.1 Å². The molecule has 2 aliphatic rings. The Morgan fingerprint density at radius 1 is 1.22 bits per heavy atom. The topological polar surface area (TPSA) is 80.9 Å². The van der Waals surface area contributed by atoms with Gasteiger partial charge in [-0.05, 0) is 60.6 Å². The summed E-state index contributed by atoms with van der Waals surface area (Å²) < 4.78 is 94.6. The van der Waals surface area contributed by atoms with E-state index in [0.29, 0.717) is 23.0 Å². The zero-order valence-electron chi connectivity index (χ0n) is 25.5. The molecule has 0 saturated heterocycles. The molecular formula is C28H30F3NO5. The van der Waals surface area contributed by atoms with E-state index in [2.05, 4.69) is 9.47 Å². The number of nitrogens with zero attached hydrogens (tertiary/aromatic N) is 1. The van der Waals surface area contributed by atoms with Crippen LogP contribution in [0.15, 0.2) is 36.4 Å². The predicted molar refractivity (Wildman–Crippen MR) is 131 cm³/mol. The molecule has 2 N–H and O–H groups in total. The highest BCUT2D eigenvalue weighted by molar-refractivity contribution is 5.95. The molecule has 2 aromatic carbocycles. The van der Waals surface area contributed by atoms with E-state index in [1.54, 1.807) is 10.6 Å². The van der Waals surface area contributed by atoms with E-state index in [-0.39, 0.29) is 23.4 Å². The van der Waals surface area contributed by atoms with Crippen molar-refractivity contribution in [2.24, 2.45) is 0 Å². The molecule has 1 aromatic heterocycles. The van der Waals surface area contributed by atoms with Gasteiger partial charge in [-0.2, -0.15) is 0 Å². The molecule has 9 heteroatoms. The predicted octanol–water partition coefficient (Wildman–Crippen LogP) is 4.99. The molecule has 1 saturated carbocycles. The van der Waals surface area contributed by atoms with E-state index in [9.17, 15) is 23.8 Å². The molecule has 1 aliphatic carbocycles. The fraction of sp³-hybridized carbons (Fsp3) is 0.464. The molecule has 0 radical (unpaired) electrons. The number of carbonyl (C=O) groups excluding carboxylic acids is 1. The summed E-state index contributed by atoms with van der Waals surface area (Å²) in [6.07, 6.45) is -11.8. The first-order valence-corrected chi connectivity index (χ1v) is 11.8. The van der Waals surface area contributed by atoms with Crippen molar-refractivity contribution in [3.05, 3.63) is 59.0 Å². The van der Waals surface area contributed by atoms with Crippen molar-refractivity contribution in [1.82, 2.24) is 4.57 Å². The van der Waals surface area contributed by atoms with E-state index in [1.165, 1.54) is 6.07 Å².